The number of likely N-dealkylation sites (tertiary alicyclic amines) is 1. The van der Waals surface area contributed by atoms with E-state index in [2.05, 4.69) is 25.7 Å². The molecule has 0 amide bonds. The zero-order valence-electron chi connectivity index (χ0n) is 15.6. The van der Waals surface area contributed by atoms with Gasteiger partial charge in [-0.2, -0.15) is 0 Å². The van der Waals surface area contributed by atoms with Gasteiger partial charge >= 0.3 is 11.9 Å². The van der Waals surface area contributed by atoms with Gasteiger partial charge in [0.1, 0.15) is 5.75 Å². The molecule has 0 spiro atoms. The number of carbonyl (C=O) groups is 2. The van der Waals surface area contributed by atoms with Gasteiger partial charge in [-0.3, -0.25) is 0 Å². The van der Waals surface area contributed by atoms with E-state index in [9.17, 15) is 0 Å². The maximum atomic E-state index is 9.10. The Labute approximate surface area is 159 Å². The minimum absolute atomic E-state index is 0.0508. The third-order valence-electron chi connectivity index (χ3n) is 4.01. The number of benzene rings is 1. The lowest BCUT2D eigenvalue weighted by molar-refractivity contribution is -0.159. The second-order valence-corrected chi connectivity index (χ2v) is 7.69. The fraction of sp³-hybridized carbons (Fsp3) is 0.579. The number of hydrogen-bond acceptors (Lipinski definition) is 4. The maximum absolute atomic E-state index is 9.10. The van der Waals surface area contributed by atoms with Crippen molar-refractivity contribution in [3.8, 4) is 5.75 Å². The van der Waals surface area contributed by atoms with Crippen LogP contribution >= 0.6 is 11.6 Å². The minimum Gasteiger partial charge on any atom is -0.493 e. The Balaban J connectivity index is 0.000000487. The molecule has 1 saturated heterocycles. The molecule has 7 heteroatoms. The van der Waals surface area contributed by atoms with Gasteiger partial charge in [-0.1, -0.05) is 32.4 Å². The Hall–Kier alpha value is -1.79. The van der Waals surface area contributed by atoms with Crippen LogP contribution in [0.2, 0.25) is 5.02 Å². The molecule has 1 aliphatic heterocycles. The van der Waals surface area contributed by atoms with Crippen LogP contribution < -0.4 is 4.74 Å². The van der Waals surface area contributed by atoms with E-state index in [0.717, 1.165) is 30.3 Å². The molecule has 1 aromatic rings. The second-order valence-electron chi connectivity index (χ2n) is 7.25. The molecule has 1 heterocycles. The monoisotopic (exact) mass is 385 g/mol. The summed E-state index contributed by atoms with van der Waals surface area (Å²) in [5, 5.41) is 15.6. The summed E-state index contributed by atoms with van der Waals surface area (Å²) in [6.07, 6.45) is 3.80. The number of carboxylic acid groups (broad SMARTS) is 2. The van der Waals surface area contributed by atoms with Crippen molar-refractivity contribution in [3.05, 3.63) is 28.8 Å². The Morgan fingerprint density at radius 2 is 1.73 bits per heavy atom. The van der Waals surface area contributed by atoms with E-state index in [4.69, 9.17) is 36.1 Å². The molecule has 0 saturated carbocycles. The Bertz CT molecular complexity index is 594. The molecule has 6 nitrogen and oxygen atoms in total. The lowest BCUT2D eigenvalue weighted by atomic mass is 9.86. The van der Waals surface area contributed by atoms with Crippen LogP contribution in [0.4, 0.5) is 0 Å². The van der Waals surface area contributed by atoms with Crippen molar-refractivity contribution in [1.82, 2.24) is 4.90 Å². The average molecular weight is 386 g/mol. The lowest BCUT2D eigenvalue weighted by Crippen LogP contribution is -2.22. The summed E-state index contributed by atoms with van der Waals surface area (Å²) in [7, 11) is 0. The third-order valence-corrected chi connectivity index (χ3v) is 4.24. The molecular weight excluding hydrogens is 358 g/mol. The Morgan fingerprint density at radius 1 is 1.15 bits per heavy atom. The largest absolute Gasteiger partial charge is 0.493 e. The highest BCUT2D eigenvalue weighted by atomic mass is 35.5. The summed E-state index contributed by atoms with van der Waals surface area (Å²) in [6.45, 7) is 11.0. The molecular formula is C19H28ClNO5. The fourth-order valence-corrected chi connectivity index (χ4v) is 2.86. The molecule has 26 heavy (non-hydrogen) atoms. The number of hydrogen-bond donors (Lipinski definition) is 2. The molecule has 0 atom stereocenters. The SMILES string of the molecule is CC(C)(C)c1cc(Cl)ccc1OCCCN1CCCC1.O=C(O)C(=O)O. The Kier molecular flexibility index (Phi) is 8.88. The van der Waals surface area contributed by atoms with Gasteiger partial charge in [0.2, 0.25) is 0 Å². The van der Waals surface area contributed by atoms with Gasteiger partial charge in [-0.05, 0) is 56.0 Å². The highest BCUT2D eigenvalue weighted by Gasteiger charge is 2.19. The molecule has 0 aliphatic carbocycles. The average Bonchev–Trinajstić information content (AvgIpc) is 3.05. The normalized spacial score (nSPS) is 14.5. The number of carboxylic acids is 2. The van der Waals surface area contributed by atoms with Crippen LogP contribution in [0.15, 0.2) is 18.2 Å². The van der Waals surface area contributed by atoms with Gasteiger partial charge in [-0.25, -0.2) is 9.59 Å². The first kappa shape index (κ1) is 22.3. The van der Waals surface area contributed by atoms with Crippen molar-refractivity contribution in [2.75, 3.05) is 26.2 Å². The standard InChI is InChI=1S/C17H26ClNO.C2H2O4/c1-17(2,3)15-13-14(18)7-8-16(15)20-12-6-11-19-9-4-5-10-19;3-1(4)2(5)6/h7-8,13H,4-6,9-12H2,1-3H3;(H,3,4)(H,5,6). The number of halogens is 1. The highest BCUT2D eigenvalue weighted by molar-refractivity contribution is 6.30. The number of aliphatic carboxylic acids is 2. The van der Waals surface area contributed by atoms with E-state index in [-0.39, 0.29) is 5.41 Å². The molecule has 0 aromatic heterocycles. The quantitative estimate of drug-likeness (QED) is 0.594. The smallest absolute Gasteiger partial charge is 0.414 e. The minimum atomic E-state index is -1.82. The first-order valence-corrected chi connectivity index (χ1v) is 9.10. The van der Waals surface area contributed by atoms with E-state index in [1.54, 1.807) is 0 Å². The van der Waals surface area contributed by atoms with Crippen molar-refractivity contribution in [2.24, 2.45) is 0 Å². The van der Waals surface area contributed by atoms with E-state index < -0.39 is 11.9 Å². The third kappa shape index (κ3) is 8.06. The van der Waals surface area contributed by atoms with Crippen LogP contribution in [0.5, 0.6) is 5.75 Å². The van der Waals surface area contributed by atoms with Crippen LogP contribution in [0.25, 0.3) is 0 Å². The van der Waals surface area contributed by atoms with Gasteiger partial charge in [0.05, 0.1) is 6.61 Å². The van der Waals surface area contributed by atoms with Crippen molar-refractivity contribution in [3.63, 3.8) is 0 Å². The second kappa shape index (κ2) is 10.4. The fourth-order valence-electron chi connectivity index (χ4n) is 2.69. The van der Waals surface area contributed by atoms with Gasteiger partial charge in [0.25, 0.3) is 0 Å². The molecule has 1 aromatic carbocycles. The molecule has 1 fully saturated rings. The number of rotatable bonds is 5. The van der Waals surface area contributed by atoms with Crippen LogP contribution in [0, 0.1) is 0 Å². The van der Waals surface area contributed by atoms with E-state index >= 15 is 0 Å². The van der Waals surface area contributed by atoms with Gasteiger partial charge in [0.15, 0.2) is 0 Å². The predicted octanol–water partition coefficient (Wildman–Crippen LogP) is 3.66. The summed E-state index contributed by atoms with van der Waals surface area (Å²) in [5.41, 5.74) is 1.24. The zero-order chi connectivity index (χ0) is 19.7. The van der Waals surface area contributed by atoms with Crippen LogP contribution in [-0.2, 0) is 15.0 Å². The molecule has 0 radical (unpaired) electrons. The summed E-state index contributed by atoms with van der Waals surface area (Å²) in [6, 6.07) is 5.93. The van der Waals surface area contributed by atoms with E-state index in [0.29, 0.717) is 0 Å². The first-order valence-electron chi connectivity index (χ1n) is 8.72. The van der Waals surface area contributed by atoms with Gasteiger partial charge in [-0.15, -0.1) is 0 Å². The van der Waals surface area contributed by atoms with Crippen molar-refractivity contribution in [2.45, 2.75) is 45.4 Å². The predicted molar refractivity (Wildman–Crippen MR) is 101 cm³/mol. The molecule has 2 N–H and O–H groups in total. The summed E-state index contributed by atoms with van der Waals surface area (Å²) >= 11 is 6.11. The summed E-state index contributed by atoms with van der Waals surface area (Å²) in [4.78, 5) is 20.7. The number of nitrogens with zero attached hydrogens (tertiary/aromatic N) is 1. The van der Waals surface area contributed by atoms with E-state index in [1.807, 2.05) is 18.2 Å². The lowest BCUT2D eigenvalue weighted by Gasteiger charge is -2.23. The molecule has 146 valence electrons. The summed E-state index contributed by atoms with van der Waals surface area (Å²) in [5.74, 6) is -2.67. The molecule has 0 bridgehead atoms. The van der Waals surface area contributed by atoms with Crippen molar-refractivity contribution in [1.29, 1.82) is 0 Å². The van der Waals surface area contributed by atoms with Crippen molar-refractivity contribution < 1.29 is 24.5 Å². The van der Waals surface area contributed by atoms with E-state index in [1.165, 1.54) is 31.5 Å². The van der Waals surface area contributed by atoms with Gasteiger partial charge < -0.3 is 19.8 Å². The van der Waals surface area contributed by atoms with Crippen LogP contribution in [0.3, 0.4) is 0 Å². The maximum Gasteiger partial charge on any atom is 0.414 e. The molecule has 1 aliphatic rings. The van der Waals surface area contributed by atoms with Crippen LogP contribution in [-0.4, -0.2) is 53.3 Å². The first-order chi connectivity index (χ1) is 12.1. The highest BCUT2D eigenvalue weighted by Crippen LogP contribution is 2.33. The summed E-state index contributed by atoms with van der Waals surface area (Å²) < 4.78 is 5.99. The van der Waals surface area contributed by atoms with Crippen molar-refractivity contribution >= 4 is 23.5 Å². The Morgan fingerprint density at radius 3 is 2.23 bits per heavy atom. The number of ether oxygens (including phenoxy) is 1. The molecule has 0 unspecified atom stereocenters. The molecule has 2 rings (SSSR count). The van der Waals surface area contributed by atoms with Crippen LogP contribution in [0.1, 0.15) is 45.6 Å². The topological polar surface area (TPSA) is 87.1 Å². The zero-order valence-corrected chi connectivity index (χ0v) is 16.4. The van der Waals surface area contributed by atoms with Gasteiger partial charge in [0, 0.05) is 17.1 Å².